The fourth-order valence-corrected chi connectivity index (χ4v) is 4.66. The van der Waals surface area contributed by atoms with Crippen molar-refractivity contribution in [3.63, 3.8) is 0 Å². The van der Waals surface area contributed by atoms with Crippen LogP contribution >= 0.6 is 0 Å². The molecule has 2 N–H and O–H groups in total. The van der Waals surface area contributed by atoms with E-state index in [0.717, 1.165) is 18.4 Å². The fourth-order valence-electron chi connectivity index (χ4n) is 4.66. The van der Waals surface area contributed by atoms with Gasteiger partial charge in [-0.3, -0.25) is 4.79 Å². The smallest absolute Gasteiger partial charge is 0.356 e. The number of pyridine rings is 1. The predicted molar refractivity (Wildman–Crippen MR) is 153 cm³/mol. The van der Waals surface area contributed by atoms with Crippen molar-refractivity contribution < 1.29 is 28.5 Å². The number of aryl methyl sites for hydroxylation is 2. The lowest BCUT2D eigenvalue weighted by Crippen LogP contribution is -2.20. The van der Waals surface area contributed by atoms with Gasteiger partial charge >= 0.3 is 5.97 Å². The number of amides is 1. The average Bonchev–Trinajstić information content (AvgIpc) is 3.28. The second-order valence-corrected chi connectivity index (χ2v) is 9.04. The Hall–Kier alpha value is -4.57. The summed E-state index contributed by atoms with van der Waals surface area (Å²) in [6.45, 7) is 0.764. The van der Waals surface area contributed by atoms with Crippen LogP contribution in [-0.2, 0) is 33.8 Å². The lowest BCUT2D eigenvalue weighted by molar-refractivity contribution is -0.119. The molecule has 0 radical (unpaired) electrons. The highest BCUT2D eigenvalue weighted by atomic mass is 16.5. The minimum absolute atomic E-state index is 0.164. The second kappa shape index (κ2) is 13.5. The van der Waals surface area contributed by atoms with Crippen molar-refractivity contribution in [2.75, 3.05) is 45.7 Å². The predicted octanol–water partition coefficient (Wildman–Crippen LogP) is 4.67. The number of carbonyl (C=O) groups excluding carboxylic acids is 2. The highest BCUT2D eigenvalue weighted by molar-refractivity contribution is 6.11. The van der Waals surface area contributed by atoms with Crippen LogP contribution in [0.15, 0.2) is 60.8 Å². The first kappa shape index (κ1) is 28.4. The van der Waals surface area contributed by atoms with Gasteiger partial charge in [0.2, 0.25) is 5.91 Å². The van der Waals surface area contributed by atoms with Crippen molar-refractivity contribution in [2.24, 2.45) is 0 Å². The summed E-state index contributed by atoms with van der Waals surface area (Å²) in [5.74, 6) is 0.307. The number of carbonyl (C=O) groups is 2. The molecule has 2 heterocycles. The van der Waals surface area contributed by atoms with Crippen molar-refractivity contribution in [3.05, 3.63) is 77.6 Å². The summed E-state index contributed by atoms with van der Waals surface area (Å²) >= 11 is 0. The number of benzene rings is 2. The molecule has 210 valence electrons. The monoisotopic (exact) mass is 546 g/mol. The van der Waals surface area contributed by atoms with Crippen LogP contribution in [0.2, 0.25) is 0 Å². The van der Waals surface area contributed by atoms with Gasteiger partial charge in [0.25, 0.3) is 0 Å². The van der Waals surface area contributed by atoms with Gasteiger partial charge in [-0.15, -0.1) is 0 Å². The van der Waals surface area contributed by atoms with Crippen LogP contribution in [0.5, 0.6) is 11.5 Å². The Morgan fingerprint density at radius 1 is 0.975 bits per heavy atom. The first-order valence-electron chi connectivity index (χ1n) is 12.9. The molecule has 10 nitrogen and oxygen atoms in total. The molecule has 1 amide bonds. The number of ether oxygens (including phenoxy) is 4. The largest absolute Gasteiger partial charge is 0.493 e. The zero-order chi connectivity index (χ0) is 28.5. The van der Waals surface area contributed by atoms with Crippen LogP contribution in [0.1, 0.15) is 28.0 Å². The van der Waals surface area contributed by atoms with Gasteiger partial charge in [0.1, 0.15) is 12.3 Å². The van der Waals surface area contributed by atoms with Crippen LogP contribution in [0.4, 0.5) is 11.4 Å². The number of nitrogens with one attached hydrogen (secondary N) is 2. The van der Waals surface area contributed by atoms with E-state index in [2.05, 4.69) is 22.8 Å². The van der Waals surface area contributed by atoms with Crippen LogP contribution in [0.25, 0.3) is 11.0 Å². The third kappa shape index (κ3) is 6.35. The molecule has 40 heavy (non-hydrogen) atoms. The van der Waals surface area contributed by atoms with Crippen LogP contribution < -0.4 is 20.1 Å². The molecule has 0 fully saturated rings. The number of methoxy groups -OCH3 is 4. The summed E-state index contributed by atoms with van der Waals surface area (Å²) in [5, 5.41) is 6.81. The Morgan fingerprint density at radius 2 is 1.77 bits per heavy atom. The van der Waals surface area contributed by atoms with Crippen molar-refractivity contribution in [2.45, 2.75) is 25.9 Å². The summed E-state index contributed by atoms with van der Waals surface area (Å²) in [5.41, 5.74) is 3.90. The van der Waals surface area contributed by atoms with Crippen LogP contribution in [0.3, 0.4) is 0 Å². The zero-order valence-electron chi connectivity index (χ0n) is 23.2. The molecule has 10 heteroatoms. The Morgan fingerprint density at radius 3 is 2.48 bits per heavy atom. The van der Waals surface area contributed by atoms with E-state index in [9.17, 15) is 9.59 Å². The molecular formula is C30H34N4O6. The van der Waals surface area contributed by atoms with Gasteiger partial charge in [-0.25, -0.2) is 9.78 Å². The molecule has 0 aliphatic carbocycles. The van der Waals surface area contributed by atoms with Crippen LogP contribution in [-0.4, -0.2) is 56.5 Å². The van der Waals surface area contributed by atoms with E-state index < -0.39 is 11.9 Å². The topological polar surface area (TPSA) is 113 Å². The van der Waals surface area contributed by atoms with Crippen molar-refractivity contribution in [1.82, 2.24) is 9.55 Å². The number of esters is 1. The van der Waals surface area contributed by atoms with Crippen molar-refractivity contribution >= 4 is 34.3 Å². The minimum Gasteiger partial charge on any atom is -0.493 e. The SMILES string of the molecule is COCC(=O)Nc1c(C(=O)OC)n(CCCc2ccccc2)c2ncc(NCc3cccc(OC)c3OC)cc12. The molecule has 4 rings (SSSR count). The van der Waals surface area contributed by atoms with E-state index in [1.165, 1.54) is 19.8 Å². The molecule has 2 aromatic heterocycles. The Balaban J connectivity index is 1.71. The first-order valence-corrected chi connectivity index (χ1v) is 12.9. The van der Waals surface area contributed by atoms with Gasteiger partial charge < -0.3 is 34.1 Å². The number of aromatic nitrogens is 2. The van der Waals surface area contributed by atoms with E-state index in [4.69, 9.17) is 23.9 Å². The standard InChI is InChI=1S/C30H34N4O6/c1-37-19-25(35)33-26-23-16-22(31-17-21-13-8-14-24(38-2)28(21)39-3)18-32-29(23)34(27(26)30(36)40-4)15-9-12-20-10-6-5-7-11-20/h5-8,10-11,13-14,16,18,31H,9,12,15,17,19H2,1-4H3,(H,33,35). The lowest BCUT2D eigenvalue weighted by atomic mass is 10.1. The van der Waals surface area contributed by atoms with E-state index in [0.29, 0.717) is 47.0 Å². The van der Waals surface area contributed by atoms with Crippen molar-refractivity contribution in [1.29, 1.82) is 0 Å². The number of anilines is 2. The maximum atomic E-state index is 13.0. The number of rotatable bonds is 13. The number of nitrogens with zero attached hydrogens (tertiary/aromatic N) is 2. The molecule has 0 aliphatic heterocycles. The van der Waals surface area contributed by atoms with Gasteiger partial charge in [-0.2, -0.15) is 0 Å². The van der Waals surface area contributed by atoms with Gasteiger partial charge in [0.05, 0.1) is 38.9 Å². The molecule has 0 atom stereocenters. The third-order valence-electron chi connectivity index (χ3n) is 6.47. The van der Waals surface area contributed by atoms with E-state index in [1.807, 2.05) is 42.5 Å². The molecule has 0 spiro atoms. The maximum absolute atomic E-state index is 13.0. The summed E-state index contributed by atoms with van der Waals surface area (Å²) < 4.78 is 22.9. The van der Waals surface area contributed by atoms with E-state index in [-0.39, 0.29) is 12.3 Å². The summed E-state index contributed by atoms with van der Waals surface area (Å²) in [6, 6.07) is 17.6. The Labute approximate surface area is 233 Å². The molecule has 0 bridgehead atoms. The molecule has 0 aliphatic rings. The summed E-state index contributed by atoms with van der Waals surface area (Å²) in [7, 11) is 5.94. The second-order valence-electron chi connectivity index (χ2n) is 9.04. The number of fused-ring (bicyclic) bond motifs is 1. The van der Waals surface area contributed by atoms with Gasteiger partial charge in [0.15, 0.2) is 17.2 Å². The number of para-hydroxylation sites is 1. The number of hydrogen-bond acceptors (Lipinski definition) is 8. The Kier molecular flexibility index (Phi) is 9.58. The normalized spacial score (nSPS) is 10.8. The number of hydrogen-bond donors (Lipinski definition) is 2. The molecular weight excluding hydrogens is 512 g/mol. The third-order valence-corrected chi connectivity index (χ3v) is 6.47. The Bertz CT molecular complexity index is 1470. The summed E-state index contributed by atoms with van der Waals surface area (Å²) in [4.78, 5) is 30.3. The maximum Gasteiger partial charge on any atom is 0.356 e. The molecule has 2 aromatic carbocycles. The lowest BCUT2D eigenvalue weighted by Gasteiger charge is -2.14. The highest BCUT2D eigenvalue weighted by Gasteiger charge is 2.26. The zero-order valence-corrected chi connectivity index (χ0v) is 23.2. The summed E-state index contributed by atoms with van der Waals surface area (Å²) in [6.07, 6.45) is 3.26. The molecule has 0 saturated heterocycles. The minimum atomic E-state index is -0.568. The average molecular weight is 547 g/mol. The molecule has 0 saturated carbocycles. The van der Waals surface area contributed by atoms with Crippen LogP contribution in [0, 0.1) is 0 Å². The first-order chi connectivity index (χ1) is 19.5. The molecule has 0 unspecified atom stereocenters. The highest BCUT2D eigenvalue weighted by Crippen LogP contribution is 2.34. The van der Waals surface area contributed by atoms with E-state index in [1.54, 1.807) is 25.0 Å². The fraction of sp³-hybridized carbons (Fsp3) is 0.300. The van der Waals surface area contributed by atoms with Crippen molar-refractivity contribution in [3.8, 4) is 11.5 Å². The van der Waals surface area contributed by atoms with Gasteiger partial charge in [0, 0.05) is 31.1 Å². The molecule has 4 aromatic rings. The quantitative estimate of drug-likeness (QED) is 0.233. The van der Waals surface area contributed by atoms with Gasteiger partial charge in [-0.05, 0) is 30.5 Å². The van der Waals surface area contributed by atoms with E-state index >= 15 is 0 Å². The van der Waals surface area contributed by atoms with Gasteiger partial charge in [-0.1, -0.05) is 42.5 Å².